The van der Waals surface area contributed by atoms with Gasteiger partial charge in [0.1, 0.15) is 0 Å². The normalized spacial score (nSPS) is 19.9. The Morgan fingerprint density at radius 1 is 1.33 bits per heavy atom. The van der Waals surface area contributed by atoms with Crippen molar-refractivity contribution in [1.29, 1.82) is 0 Å². The van der Waals surface area contributed by atoms with E-state index in [1.807, 2.05) is 22.9 Å². The number of ether oxygens (including phenoxy) is 1. The van der Waals surface area contributed by atoms with Crippen LogP contribution in [0.1, 0.15) is 34.2 Å². The third-order valence-corrected chi connectivity index (χ3v) is 5.18. The van der Waals surface area contributed by atoms with Gasteiger partial charge in [-0.15, -0.1) is 0 Å². The number of aromatic nitrogens is 2. The fraction of sp³-hybridized carbons (Fsp3) is 0.526. The molecule has 1 heterocycles. The van der Waals surface area contributed by atoms with E-state index in [1.165, 1.54) is 16.8 Å². The molecule has 0 saturated carbocycles. The summed E-state index contributed by atoms with van der Waals surface area (Å²) in [5, 5.41) is 15.3. The fourth-order valence-corrected chi connectivity index (χ4v) is 3.67. The largest absolute Gasteiger partial charge is 0.387 e. The minimum Gasteiger partial charge on any atom is -0.387 e. The van der Waals surface area contributed by atoms with Crippen LogP contribution in [-0.4, -0.2) is 46.6 Å². The summed E-state index contributed by atoms with van der Waals surface area (Å²) in [4.78, 5) is 2.25. The summed E-state index contributed by atoms with van der Waals surface area (Å²) in [5.74, 6) is 0. The summed E-state index contributed by atoms with van der Waals surface area (Å²) in [6.07, 6.45) is 0.472. The number of nitrogens with zero attached hydrogens (tertiary/aromatic N) is 3. The summed E-state index contributed by atoms with van der Waals surface area (Å²) in [6, 6.07) is 8.31. The van der Waals surface area contributed by atoms with Gasteiger partial charge < -0.3 is 9.84 Å². The van der Waals surface area contributed by atoms with E-state index in [-0.39, 0.29) is 6.04 Å². The van der Waals surface area contributed by atoms with Crippen LogP contribution >= 0.6 is 0 Å². The Balaban J connectivity index is 1.74. The van der Waals surface area contributed by atoms with Gasteiger partial charge in [-0.05, 0) is 38.4 Å². The lowest BCUT2D eigenvalue weighted by molar-refractivity contribution is 0.0719. The third kappa shape index (κ3) is 3.11. The molecule has 0 aliphatic heterocycles. The molecule has 24 heavy (non-hydrogen) atoms. The van der Waals surface area contributed by atoms with Crippen molar-refractivity contribution in [3.63, 3.8) is 0 Å². The van der Waals surface area contributed by atoms with Gasteiger partial charge in [0.2, 0.25) is 0 Å². The van der Waals surface area contributed by atoms with E-state index in [0.29, 0.717) is 6.61 Å². The number of rotatable bonds is 6. The van der Waals surface area contributed by atoms with Crippen LogP contribution in [0.3, 0.4) is 0 Å². The minimum absolute atomic E-state index is 0.114. The Hall–Kier alpha value is -1.69. The predicted octanol–water partition coefficient (Wildman–Crippen LogP) is 2.24. The van der Waals surface area contributed by atoms with Crippen LogP contribution < -0.4 is 0 Å². The molecular weight excluding hydrogens is 302 g/mol. The van der Waals surface area contributed by atoms with E-state index in [0.717, 1.165) is 30.8 Å². The number of fused-ring (bicyclic) bond motifs is 1. The second kappa shape index (κ2) is 7.05. The van der Waals surface area contributed by atoms with Crippen LogP contribution in [0.25, 0.3) is 0 Å². The first kappa shape index (κ1) is 17.1. The first-order chi connectivity index (χ1) is 11.5. The molecule has 0 unspecified atom stereocenters. The molecule has 2 atom stereocenters. The quantitative estimate of drug-likeness (QED) is 0.883. The highest BCUT2D eigenvalue weighted by molar-refractivity contribution is 5.36. The molecule has 1 N–H and O–H groups in total. The average molecular weight is 329 g/mol. The fourth-order valence-electron chi connectivity index (χ4n) is 3.67. The van der Waals surface area contributed by atoms with Crippen LogP contribution in [0.4, 0.5) is 0 Å². The van der Waals surface area contributed by atoms with Crippen LogP contribution in [0, 0.1) is 13.8 Å². The second-order valence-corrected chi connectivity index (χ2v) is 6.70. The molecule has 3 rings (SSSR count). The van der Waals surface area contributed by atoms with Crippen LogP contribution in [0.15, 0.2) is 24.3 Å². The van der Waals surface area contributed by atoms with Gasteiger partial charge in [-0.2, -0.15) is 5.10 Å². The highest BCUT2D eigenvalue weighted by Gasteiger charge is 2.33. The molecule has 2 aromatic rings. The second-order valence-electron chi connectivity index (χ2n) is 6.70. The molecule has 1 aliphatic rings. The van der Waals surface area contributed by atoms with E-state index in [1.54, 1.807) is 7.11 Å². The van der Waals surface area contributed by atoms with Gasteiger partial charge in [0.25, 0.3) is 0 Å². The standard InChI is InChI=1S/C19H27N3O2/c1-13-17(14(2)22(20-13)9-10-24-4)12-21(3)18-11-15-7-5-6-8-16(15)19(18)23/h5-8,18-19,23H,9-12H2,1-4H3/t18-,19-/m1/s1. The lowest BCUT2D eigenvalue weighted by atomic mass is 10.1. The number of aliphatic hydroxyl groups is 1. The number of aliphatic hydroxyl groups excluding tert-OH is 1. The van der Waals surface area contributed by atoms with Crippen molar-refractivity contribution in [1.82, 2.24) is 14.7 Å². The smallest absolute Gasteiger partial charge is 0.0951 e. The first-order valence-electron chi connectivity index (χ1n) is 8.50. The molecule has 1 aromatic heterocycles. The van der Waals surface area contributed by atoms with Gasteiger partial charge in [0.15, 0.2) is 0 Å². The minimum atomic E-state index is -0.421. The Bertz CT molecular complexity index is 711. The zero-order valence-corrected chi connectivity index (χ0v) is 15.0. The lowest BCUT2D eigenvalue weighted by Gasteiger charge is -2.27. The summed E-state index contributed by atoms with van der Waals surface area (Å²) in [6.45, 7) is 6.39. The number of hydrogen-bond acceptors (Lipinski definition) is 4. The van der Waals surface area contributed by atoms with Crippen molar-refractivity contribution in [2.75, 3.05) is 20.8 Å². The van der Waals surface area contributed by atoms with Crippen molar-refractivity contribution in [3.05, 3.63) is 52.3 Å². The van der Waals surface area contributed by atoms with Gasteiger partial charge in [-0.25, -0.2) is 0 Å². The van der Waals surface area contributed by atoms with E-state index in [4.69, 9.17) is 4.74 Å². The molecule has 1 aromatic carbocycles. The molecule has 0 bridgehead atoms. The highest BCUT2D eigenvalue weighted by atomic mass is 16.5. The topological polar surface area (TPSA) is 50.5 Å². The third-order valence-electron chi connectivity index (χ3n) is 5.18. The zero-order chi connectivity index (χ0) is 17.3. The number of benzene rings is 1. The van der Waals surface area contributed by atoms with E-state index in [9.17, 15) is 5.11 Å². The van der Waals surface area contributed by atoms with Crippen LogP contribution in [0.2, 0.25) is 0 Å². The first-order valence-corrected chi connectivity index (χ1v) is 8.50. The maximum atomic E-state index is 10.7. The monoisotopic (exact) mass is 329 g/mol. The van der Waals surface area contributed by atoms with Gasteiger partial charge >= 0.3 is 0 Å². The van der Waals surface area contributed by atoms with E-state index >= 15 is 0 Å². The average Bonchev–Trinajstić information content (AvgIpc) is 3.05. The Labute approximate surface area is 143 Å². The van der Waals surface area contributed by atoms with Crippen molar-refractivity contribution in [2.45, 2.75) is 45.5 Å². The van der Waals surface area contributed by atoms with Crippen LogP contribution in [-0.2, 0) is 24.2 Å². The van der Waals surface area contributed by atoms with Crippen molar-refractivity contribution in [3.8, 4) is 0 Å². The number of hydrogen-bond donors (Lipinski definition) is 1. The Morgan fingerprint density at radius 2 is 2.08 bits per heavy atom. The molecule has 130 valence electrons. The van der Waals surface area contributed by atoms with Gasteiger partial charge in [0, 0.05) is 31.0 Å². The molecule has 0 fully saturated rings. The maximum Gasteiger partial charge on any atom is 0.0951 e. The van der Waals surface area contributed by atoms with Crippen LogP contribution in [0.5, 0.6) is 0 Å². The predicted molar refractivity (Wildman–Crippen MR) is 93.9 cm³/mol. The molecule has 0 amide bonds. The zero-order valence-electron chi connectivity index (χ0n) is 15.0. The summed E-state index contributed by atoms with van der Waals surface area (Å²) >= 11 is 0. The van der Waals surface area contributed by atoms with Crippen molar-refractivity contribution in [2.24, 2.45) is 0 Å². The van der Waals surface area contributed by atoms with Crippen molar-refractivity contribution < 1.29 is 9.84 Å². The number of aryl methyl sites for hydroxylation is 1. The van der Waals surface area contributed by atoms with Gasteiger partial charge in [0.05, 0.1) is 24.9 Å². The molecular formula is C19H27N3O2. The highest BCUT2D eigenvalue weighted by Crippen LogP contribution is 2.34. The summed E-state index contributed by atoms with van der Waals surface area (Å²) < 4.78 is 7.17. The summed E-state index contributed by atoms with van der Waals surface area (Å²) in [7, 11) is 3.80. The molecule has 0 radical (unpaired) electrons. The Morgan fingerprint density at radius 3 is 2.79 bits per heavy atom. The lowest BCUT2D eigenvalue weighted by Crippen LogP contribution is -2.34. The van der Waals surface area contributed by atoms with Crippen molar-refractivity contribution >= 4 is 0 Å². The Kier molecular flexibility index (Phi) is 5.04. The molecule has 5 nitrogen and oxygen atoms in total. The SMILES string of the molecule is COCCn1nc(C)c(CN(C)[C@@H]2Cc3ccccc3[C@H]2O)c1C. The summed E-state index contributed by atoms with van der Waals surface area (Å²) in [5.41, 5.74) is 5.81. The number of methoxy groups -OCH3 is 1. The van der Waals surface area contributed by atoms with Gasteiger partial charge in [-0.1, -0.05) is 24.3 Å². The number of likely N-dealkylation sites (N-methyl/N-ethyl adjacent to an activating group) is 1. The van der Waals surface area contributed by atoms with E-state index < -0.39 is 6.10 Å². The molecule has 1 aliphatic carbocycles. The van der Waals surface area contributed by atoms with Gasteiger partial charge in [-0.3, -0.25) is 9.58 Å². The molecule has 0 spiro atoms. The maximum absolute atomic E-state index is 10.7. The molecule has 0 saturated heterocycles. The van der Waals surface area contributed by atoms with E-state index in [2.05, 4.69) is 37.0 Å². The molecule has 5 heteroatoms.